The van der Waals surface area contributed by atoms with Crippen LogP contribution in [0.3, 0.4) is 0 Å². The molecule has 31 heavy (non-hydrogen) atoms. The number of likely N-dealkylation sites (tertiary alicyclic amines) is 1. The summed E-state index contributed by atoms with van der Waals surface area (Å²) in [4.78, 5) is 18.8. The van der Waals surface area contributed by atoms with Gasteiger partial charge >= 0.3 is 6.09 Å². The average Bonchev–Trinajstić information content (AvgIpc) is 2.79. The first-order chi connectivity index (χ1) is 15.0. The van der Waals surface area contributed by atoms with E-state index in [9.17, 15) is 4.79 Å². The minimum atomic E-state index is -0.156. The Balaban J connectivity index is 1.26. The van der Waals surface area contributed by atoms with Crippen molar-refractivity contribution in [3.63, 3.8) is 0 Å². The minimum Gasteiger partial charge on any atom is -0.494 e. The highest BCUT2D eigenvalue weighted by molar-refractivity contribution is 5.67. The number of carbonyl (C=O) groups excluding carboxylic acids is 1. The zero-order valence-electron chi connectivity index (χ0n) is 19.7. The molecule has 174 valence electrons. The molecule has 2 aliphatic heterocycles. The van der Waals surface area contributed by atoms with Crippen LogP contribution >= 0.6 is 0 Å². The summed E-state index contributed by atoms with van der Waals surface area (Å²) in [5, 5.41) is 0. The Bertz CT molecular complexity index is 648. The van der Waals surface area contributed by atoms with E-state index < -0.39 is 0 Å². The molecule has 2 aliphatic rings. The second-order valence-electron chi connectivity index (χ2n) is 9.12. The Morgan fingerprint density at radius 1 is 1.00 bits per heavy atom. The van der Waals surface area contributed by atoms with Gasteiger partial charge in [0, 0.05) is 45.0 Å². The number of hydrogen-bond acceptors (Lipinski definition) is 5. The Kier molecular flexibility index (Phi) is 9.31. The maximum absolute atomic E-state index is 12.0. The van der Waals surface area contributed by atoms with Gasteiger partial charge in [-0.05, 0) is 76.3 Å². The molecule has 0 bridgehead atoms. The molecule has 6 heteroatoms. The van der Waals surface area contributed by atoms with Crippen LogP contribution in [-0.4, -0.2) is 74.4 Å². The van der Waals surface area contributed by atoms with Crippen LogP contribution < -0.4 is 9.64 Å². The Morgan fingerprint density at radius 3 is 2.29 bits per heavy atom. The van der Waals surface area contributed by atoms with Crippen LogP contribution in [0.25, 0.3) is 0 Å². The van der Waals surface area contributed by atoms with Crippen molar-refractivity contribution in [2.75, 3.05) is 57.3 Å². The van der Waals surface area contributed by atoms with E-state index in [2.05, 4.69) is 41.0 Å². The van der Waals surface area contributed by atoms with E-state index in [0.717, 1.165) is 83.4 Å². The molecule has 0 aromatic heterocycles. The number of piperazine rings is 1. The summed E-state index contributed by atoms with van der Waals surface area (Å²) >= 11 is 0. The molecule has 0 unspecified atom stereocenters. The maximum Gasteiger partial charge on any atom is 0.410 e. The largest absolute Gasteiger partial charge is 0.494 e. The molecule has 2 saturated heterocycles. The monoisotopic (exact) mass is 431 g/mol. The summed E-state index contributed by atoms with van der Waals surface area (Å²) in [7, 11) is 0. The zero-order valence-corrected chi connectivity index (χ0v) is 19.7. The average molecular weight is 432 g/mol. The van der Waals surface area contributed by atoms with Crippen molar-refractivity contribution in [3.05, 3.63) is 24.3 Å². The van der Waals surface area contributed by atoms with Crippen molar-refractivity contribution >= 4 is 11.8 Å². The van der Waals surface area contributed by atoms with Gasteiger partial charge in [0.05, 0.1) is 12.7 Å². The van der Waals surface area contributed by atoms with Crippen LogP contribution in [0.15, 0.2) is 24.3 Å². The summed E-state index contributed by atoms with van der Waals surface area (Å²) in [6.07, 6.45) is 5.45. The van der Waals surface area contributed by atoms with Crippen LogP contribution in [0.2, 0.25) is 0 Å². The first-order valence-corrected chi connectivity index (χ1v) is 12.2. The van der Waals surface area contributed by atoms with Crippen molar-refractivity contribution in [2.24, 2.45) is 5.92 Å². The molecule has 1 aromatic rings. The van der Waals surface area contributed by atoms with E-state index in [-0.39, 0.29) is 12.2 Å². The molecule has 0 N–H and O–H groups in total. The lowest BCUT2D eigenvalue weighted by atomic mass is 9.92. The Labute approximate surface area is 188 Å². The van der Waals surface area contributed by atoms with Crippen LogP contribution in [0.5, 0.6) is 5.75 Å². The van der Waals surface area contributed by atoms with Gasteiger partial charge in [-0.1, -0.05) is 13.3 Å². The smallest absolute Gasteiger partial charge is 0.410 e. The molecule has 0 saturated carbocycles. The number of benzene rings is 1. The minimum absolute atomic E-state index is 0.0436. The molecule has 1 amide bonds. The SMILES string of the molecule is CCN1CCN(c2ccc(OCCCCC3CCN(C(=O)OC(C)C)CC3)cc2)CC1. The standard InChI is InChI=1S/C25H41N3O3/c1-4-26-16-18-27(19-17-26)23-8-10-24(11-9-23)30-20-6-5-7-22-12-14-28(15-13-22)25(29)31-21(2)3/h8-11,21-22H,4-7,12-20H2,1-3H3. The van der Waals surface area contributed by atoms with Gasteiger partial charge in [-0.2, -0.15) is 0 Å². The normalized spacial score (nSPS) is 18.5. The number of anilines is 1. The fourth-order valence-corrected chi connectivity index (χ4v) is 4.48. The first-order valence-electron chi connectivity index (χ1n) is 12.2. The van der Waals surface area contributed by atoms with Crippen molar-refractivity contribution in [2.45, 2.75) is 59.0 Å². The van der Waals surface area contributed by atoms with Gasteiger partial charge in [-0.15, -0.1) is 0 Å². The van der Waals surface area contributed by atoms with Gasteiger partial charge in [-0.3, -0.25) is 0 Å². The van der Waals surface area contributed by atoms with E-state index in [4.69, 9.17) is 9.47 Å². The number of nitrogens with zero attached hydrogens (tertiary/aromatic N) is 3. The van der Waals surface area contributed by atoms with Gasteiger partial charge in [0.25, 0.3) is 0 Å². The van der Waals surface area contributed by atoms with Crippen molar-refractivity contribution in [3.8, 4) is 5.75 Å². The van der Waals surface area contributed by atoms with Gasteiger partial charge in [0.15, 0.2) is 0 Å². The van der Waals surface area contributed by atoms with E-state index in [0.29, 0.717) is 0 Å². The third kappa shape index (κ3) is 7.60. The predicted molar refractivity (Wildman–Crippen MR) is 126 cm³/mol. The number of likely N-dealkylation sites (N-methyl/N-ethyl adjacent to an activating group) is 1. The fraction of sp³-hybridized carbons (Fsp3) is 0.720. The van der Waals surface area contributed by atoms with Gasteiger partial charge < -0.3 is 24.2 Å². The van der Waals surface area contributed by atoms with Crippen LogP contribution in [0.1, 0.15) is 52.9 Å². The molecule has 2 fully saturated rings. The Hall–Kier alpha value is -1.95. The molecule has 2 heterocycles. The third-order valence-corrected chi connectivity index (χ3v) is 6.51. The molecular formula is C25H41N3O3. The molecule has 0 radical (unpaired) electrons. The summed E-state index contributed by atoms with van der Waals surface area (Å²) in [6, 6.07) is 8.59. The highest BCUT2D eigenvalue weighted by atomic mass is 16.6. The molecule has 6 nitrogen and oxygen atoms in total. The summed E-state index contributed by atoms with van der Waals surface area (Å²) in [5.41, 5.74) is 1.30. The number of hydrogen-bond donors (Lipinski definition) is 0. The fourth-order valence-electron chi connectivity index (χ4n) is 4.48. The summed E-state index contributed by atoms with van der Waals surface area (Å²) in [6.45, 7) is 14.1. The maximum atomic E-state index is 12.0. The van der Waals surface area contributed by atoms with Crippen LogP contribution in [-0.2, 0) is 4.74 Å². The Morgan fingerprint density at radius 2 is 1.68 bits per heavy atom. The van der Waals surface area contributed by atoms with E-state index in [1.165, 1.54) is 18.5 Å². The van der Waals surface area contributed by atoms with Crippen LogP contribution in [0.4, 0.5) is 10.5 Å². The summed E-state index contributed by atoms with van der Waals surface area (Å²) in [5.74, 6) is 1.68. The van der Waals surface area contributed by atoms with Crippen molar-refractivity contribution in [1.82, 2.24) is 9.80 Å². The number of ether oxygens (including phenoxy) is 2. The number of rotatable bonds is 9. The third-order valence-electron chi connectivity index (χ3n) is 6.51. The van der Waals surface area contributed by atoms with Crippen molar-refractivity contribution in [1.29, 1.82) is 0 Å². The van der Waals surface area contributed by atoms with Gasteiger partial charge in [0.2, 0.25) is 0 Å². The van der Waals surface area contributed by atoms with E-state index >= 15 is 0 Å². The predicted octanol–water partition coefficient (Wildman–Crippen LogP) is 4.63. The lowest BCUT2D eigenvalue weighted by molar-refractivity contribution is 0.0645. The zero-order chi connectivity index (χ0) is 22.1. The lowest BCUT2D eigenvalue weighted by Gasteiger charge is -2.35. The molecule has 3 rings (SSSR count). The van der Waals surface area contributed by atoms with Gasteiger partial charge in [-0.25, -0.2) is 4.79 Å². The number of unbranched alkanes of at least 4 members (excludes halogenated alkanes) is 1. The second kappa shape index (κ2) is 12.2. The summed E-state index contributed by atoms with van der Waals surface area (Å²) < 4.78 is 11.3. The topological polar surface area (TPSA) is 45.2 Å². The quantitative estimate of drug-likeness (QED) is 0.533. The highest BCUT2D eigenvalue weighted by Crippen LogP contribution is 2.24. The molecule has 0 atom stereocenters. The van der Waals surface area contributed by atoms with Crippen LogP contribution in [0, 0.1) is 5.92 Å². The first kappa shape index (κ1) is 23.7. The van der Waals surface area contributed by atoms with E-state index in [1.54, 1.807) is 0 Å². The molecule has 0 spiro atoms. The number of piperidine rings is 1. The number of carbonyl (C=O) groups is 1. The molecule has 1 aromatic carbocycles. The molecular weight excluding hydrogens is 390 g/mol. The molecule has 0 aliphatic carbocycles. The second-order valence-corrected chi connectivity index (χ2v) is 9.12. The lowest BCUT2D eigenvalue weighted by Crippen LogP contribution is -2.46. The van der Waals surface area contributed by atoms with E-state index in [1.807, 2.05) is 18.7 Å². The number of amides is 1. The van der Waals surface area contributed by atoms with Crippen molar-refractivity contribution < 1.29 is 14.3 Å². The van der Waals surface area contributed by atoms with Gasteiger partial charge in [0.1, 0.15) is 5.75 Å². The highest BCUT2D eigenvalue weighted by Gasteiger charge is 2.24.